The van der Waals surface area contributed by atoms with E-state index in [1.807, 2.05) is 0 Å². The van der Waals surface area contributed by atoms with Crippen LogP contribution >= 0.6 is 0 Å². The lowest BCUT2D eigenvalue weighted by Gasteiger charge is -2.09. The van der Waals surface area contributed by atoms with Crippen LogP contribution in [0, 0.1) is 15.9 Å². The first-order chi connectivity index (χ1) is 15.8. The minimum atomic E-state index is -2.95. The van der Waals surface area contributed by atoms with E-state index in [1.54, 1.807) is 0 Å². The van der Waals surface area contributed by atoms with E-state index in [9.17, 15) is 28.1 Å². The van der Waals surface area contributed by atoms with Crippen LogP contribution in [0.15, 0.2) is 54.7 Å². The van der Waals surface area contributed by atoms with Gasteiger partial charge in [-0.2, -0.15) is 5.10 Å². The molecule has 0 saturated heterocycles. The molecule has 2 heterocycles. The van der Waals surface area contributed by atoms with Crippen LogP contribution < -0.4 is 10.1 Å². The Morgan fingerprint density at radius 1 is 1.18 bits per heavy atom. The minimum absolute atomic E-state index is 0.0720. The maximum atomic E-state index is 13.7. The van der Waals surface area contributed by atoms with Gasteiger partial charge in [-0.3, -0.25) is 14.9 Å². The fraction of sp³-hybridized carbons (Fsp3) is 0.0952. The van der Waals surface area contributed by atoms with Crippen molar-refractivity contribution in [1.29, 1.82) is 0 Å². The molecule has 33 heavy (non-hydrogen) atoms. The van der Waals surface area contributed by atoms with Gasteiger partial charge >= 0.3 is 0 Å². The maximum Gasteiger partial charge on any atom is 0.296 e. The van der Waals surface area contributed by atoms with Crippen molar-refractivity contribution in [2.45, 2.75) is 6.43 Å². The average molecular weight is 457 g/mol. The smallest absolute Gasteiger partial charge is 0.296 e. The van der Waals surface area contributed by atoms with Gasteiger partial charge < -0.3 is 10.1 Å². The third kappa shape index (κ3) is 4.18. The van der Waals surface area contributed by atoms with Crippen molar-refractivity contribution in [1.82, 2.24) is 14.6 Å². The van der Waals surface area contributed by atoms with Gasteiger partial charge in [-0.25, -0.2) is 22.7 Å². The van der Waals surface area contributed by atoms with Crippen LogP contribution in [-0.4, -0.2) is 32.5 Å². The summed E-state index contributed by atoms with van der Waals surface area (Å²) in [6.45, 7) is 0. The van der Waals surface area contributed by atoms with E-state index in [0.29, 0.717) is 5.56 Å². The first-order valence-electron chi connectivity index (χ1n) is 9.35. The number of nitro groups is 1. The molecule has 0 saturated carbocycles. The van der Waals surface area contributed by atoms with Crippen LogP contribution in [-0.2, 0) is 0 Å². The number of amides is 1. The zero-order valence-electron chi connectivity index (χ0n) is 16.8. The standard InChI is InChI=1S/C21H14F3N5O4/c1-33-13-6-7-15(17(8-13)29(31)32)27-21(30)14-10-25-28-18(19(23)24)9-16(26-20(14)28)11-2-4-12(22)5-3-11/h2-10,19H,1H3,(H,27,30). The maximum absolute atomic E-state index is 13.7. The van der Waals surface area contributed by atoms with Gasteiger partial charge in [0.25, 0.3) is 18.0 Å². The topological polar surface area (TPSA) is 112 Å². The summed E-state index contributed by atoms with van der Waals surface area (Å²) >= 11 is 0. The van der Waals surface area contributed by atoms with Crippen molar-refractivity contribution in [3.63, 3.8) is 0 Å². The number of nitro benzene ring substituents is 1. The third-order valence-electron chi connectivity index (χ3n) is 4.76. The summed E-state index contributed by atoms with van der Waals surface area (Å²) in [7, 11) is 1.33. The van der Waals surface area contributed by atoms with Crippen LogP contribution in [0.3, 0.4) is 0 Å². The number of rotatable bonds is 6. The molecule has 0 unspecified atom stereocenters. The highest BCUT2D eigenvalue weighted by molar-refractivity contribution is 6.09. The quantitative estimate of drug-likeness (QED) is 0.333. The van der Waals surface area contributed by atoms with Crippen molar-refractivity contribution in [3.05, 3.63) is 81.9 Å². The highest BCUT2D eigenvalue weighted by Gasteiger charge is 2.24. The third-order valence-corrected chi connectivity index (χ3v) is 4.76. The number of nitrogens with zero attached hydrogens (tertiary/aromatic N) is 4. The van der Waals surface area contributed by atoms with Gasteiger partial charge in [0.2, 0.25) is 0 Å². The molecule has 0 radical (unpaired) electrons. The summed E-state index contributed by atoms with van der Waals surface area (Å²) < 4.78 is 46.4. The predicted molar refractivity (Wildman–Crippen MR) is 111 cm³/mol. The summed E-state index contributed by atoms with van der Waals surface area (Å²) in [5, 5.41) is 17.6. The zero-order valence-corrected chi connectivity index (χ0v) is 16.8. The van der Waals surface area contributed by atoms with Crippen molar-refractivity contribution in [2.24, 2.45) is 0 Å². The Morgan fingerprint density at radius 2 is 1.91 bits per heavy atom. The number of carbonyl (C=O) groups excluding carboxylic acids is 1. The lowest BCUT2D eigenvalue weighted by molar-refractivity contribution is -0.384. The summed E-state index contributed by atoms with van der Waals surface area (Å²) in [5.74, 6) is -1.15. The summed E-state index contributed by atoms with van der Waals surface area (Å²) in [6.07, 6.45) is -1.92. The molecule has 0 atom stereocenters. The predicted octanol–water partition coefficient (Wildman–Crippen LogP) is 4.64. The van der Waals surface area contributed by atoms with Crippen molar-refractivity contribution >= 4 is 22.9 Å². The molecule has 0 aliphatic heterocycles. The fourth-order valence-corrected chi connectivity index (χ4v) is 3.16. The highest BCUT2D eigenvalue weighted by atomic mass is 19.3. The number of nitrogens with one attached hydrogen (secondary N) is 1. The Morgan fingerprint density at radius 3 is 2.55 bits per heavy atom. The Hall–Kier alpha value is -4.48. The van der Waals surface area contributed by atoms with Crippen LogP contribution in [0.2, 0.25) is 0 Å². The molecule has 4 aromatic rings. The number of hydrogen-bond donors (Lipinski definition) is 1. The Balaban J connectivity index is 1.79. The normalized spacial score (nSPS) is 11.1. The van der Waals surface area contributed by atoms with E-state index in [2.05, 4.69) is 15.4 Å². The molecule has 12 heteroatoms. The van der Waals surface area contributed by atoms with Crippen molar-refractivity contribution in [3.8, 4) is 17.0 Å². The second-order valence-electron chi connectivity index (χ2n) is 6.76. The highest BCUT2D eigenvalue weighted by Crippen LogP contribution is 2.31. The second kappa shape index (κ2) is 8.57. The molecule has 2 aromatic carbocycles. The number of fused-ring (bicyclic) bond motifs is 1. The van der Waals surface area contributed by atoms with Crippen molar-refractivity contribution in [2.75, 3.05) is 12.4 Å². The first kappa shape index (κ1) is 21.7. The summed E-state index contributed by atoms with van der Waals surface area (Å²) in [4.78, 5) is 27.8. The van der Waals surface area contributed by atoms with E-state index in [1.165, 1.54) is 31.4 Å². The number of aromatic nitrogens is 3. The molecule has 0 bridgehead atoms. The van der Waals surface area contributed by atoms with Crippen LogP contribution in [0.4, 0.5) is 24.5 Å². The first-order valence-corrected chi connectivity index (χ1v) is 9.35. The van der Waals surface area contributed by atoms with E-state index in [-0.39, 0.29) is 28.3 Å². The van der Waals surface area contributed by atoms with E-state index < -0.39 is 34.5 Å². The molecule has 0 aliphatic carbocycles. The number of methoxy groups -OCH3 is 1. The van der Waals surface area contributed by atoms with E-state index in [0.717, 1.165) is 35.0 Å². The zero-order chi connectivity index (χ0) is 23.7. The van der Waals surface area contributed by atoms with Gasteiger partial charge in [0.05, 0.1) is 30.0 Å². The molecule has 4 rings (SSSR count). The molecule has 2 aromatic heterocycles. The summed E-state index contributed by atoms with van der Waals surface area (Å²) in [5.41, 5.74) is -1.05. The van der Waals surface area contributed by atoms with Crippen LogP contribution in [0.25, 0.3) is 16.9 Å². The van der Waals surface area contributed by atoms with Gasteiger partial charge in [-0.15, -0.1) is 0 Å². The second-order valence-corrected chi connectivity index (χ2v) is 6.76. The number of ether oxygens (including phenoxy) is 1. The molecule has 1 amide bonds. The number of halogens is 3. The van der Waals surface area contributed by atoms with Gasteiger partial charge in [-0.1, -0.05) is 0 Å². The van der Waals surface area contributed by atoms with E-state index in [4.69, 9.17) is 4.74 Å². The molecule has 168 valence electrons. The SMILES string of the molecule is COc1ccc(NC(=O)c2cnn3c(C(F)F)cc(-c4ccc(F)cc4)nc23)c([N+](=O)[O-])c1. The molecule has 0 fully saturated rings. The Kier molecular flexibility index (Phi) is 5.65. The van der Waals surface area contributed by atoms with Crippen LogP contribution in [0.1, 0.15) is 22.5 Å². The molecule has 0 aliphatic rings. The number of carbonyl (C=O) groups is 1. The number of benzene rings is 2. The number of hydrogen-bond acceptors (Lipinski definition) is 6. The summed E-state index contributed by atoms with van der Waals surface area (Å²) in [6, 6.07) is 9.94. The van der Waals surface area contributed by atoms with Crippen molar-refractivity contribution < 1.29 is 27.6 Å². The van der Waals surface area contributed by atoms with Gasteiger partial charge in [0.1, 0.15) is 28.5 Å². The number of anilines is 1. The lowest BCUT2D eigenvalue weighted by atomic mass is 10.1. The molecule has 9 nitrogen and oxygen atoms in total. The minimum Gasteiger partial charge on any atom is -0.496 e. The van der Waals surface area contributed by atoms with Crippen LogP contribution in [0.5, 0.6) is 5.75 Å². The van der Waals surface area contributed by atoms with Gasteiger partial charge in [-0.05, 0) is 42.5 Å². The van der Waals surface area contributed by atoms with Gasteiger partial charge in [0, 0.05) is 5.56 Å². The monoisotopic (exact) mass is 457 g/mol. The lowest BCUT2D eigenvalue weighted by Crippen LogP contribution is -2.14. The average Bonchev–Trinajstić information content (AvgIpc) is 3.23. The molecular formula is C21H14F3N5O4. The Bertz CT molecular complexity index is 1370. The largest absolute Gasteiger partial charge is 0.496 e. The fourth-order valence-electron chi connectivity index (χ4n) is 3.16. The molecule has 0 spiro atoms. The van der Waals surface area contributed by atoms with Gasteiger partial charge in [0.15, 0.2) is 5.65 Å². The Labute approximate surface area is 183 Å². The van der Waals surface area contributed by atoms with E-state index >= 15 is 0 Å². The number of alkyl halides is 2. The molecular weight excluding hydrogens is 443 g/mol. The molecule has 1 N–H and O–H groups in total.